The van der Waals surface area contributed by atoms with Crippen molar-refractivity contribution in [1.82, 2.24) is 14.6 Å². The zero-order valence-corrected chi connectivity index (χ0v) is 13.1. The molecule has 0 radical (unpaired) electrons. The van der Waals surface area contributed by atoms with E-state index in [-0.39, 0.29) is 9.92 Å². The van der Waals surface area contributed by atoms with Crippen LogP contribution in [0.1, 0.15) is 19.3 Å². The van der Waals surface area contributed by atoms with Crippen LogP contribution in [0, 0.1) is 5.92 Å². The molecular formula is C13H20ClN3O2S. The van der Waals surface area contributed by atoms with Crippen molar-refractivity contribution >= 4 is 21.6 Å². The van der Waals surface area contributed by atoms with Crippen molar-refractivity contribution in [2.45, 2.75) is 24.2 Å². The minimum absolute atomic E-state index is 0.0463. The van der Waals surface area contributed by atoms with Gasteiger partial charge < -0.3 is 4.90 Å². The lowest BCUT2D eigenvalue weighted by molar-refractivity contribution is 0.213. The third-order valence-electron chi connectivity index (χ3n) is 3.71. The molecule has 0 spiro atoms. The first-order chi connectivity index (χ1) is 9.49. The van der Waals surface area contributed by atoms with Crippen LogP contribution in [0.2, 0.25) is 5.02 Å². The molecule has 0 aromatic carbocycles. The highest BCUT2D eigenvalue weighted by atomic mass is 35.5. The van der Waals surface area contributed by atoms with Gasteiger partial charge >= 0.3 is 0 Å². The number of rotatable bonds is 5. The first kappa shape index (κ1) is 15.7. The maximum atomic E-state index is 12.1. The number of likely N-dealkylation sites (tertiary alicyclic amines) is 1. The molecule has 5 nitrogen and oxygen atoms in total. The van der Waals surface area contributed by atoms with Gasteiger partial charge in [0, 0.05) is 18.9 Å². The molecule has 7 heteroatoms. The van der Waals surface area contributed by atoms with Gasteiger partial charge in [-0.15, -0.1) is 0 Å². The van der Waals surface area contributed by atoms with Crippen LogP contribution in [0.3, 0.4) is 0 Å². The highest BCUT2D eigenvalue weighted by Gasteiger charge is 2.20. The van der Waals surface area contributed by atoms with Crippen LogP contribution in [0.4, 0.5) is 0 Å². The molecule has 1 aromatic heterocycles. The number of hydrogen-bond donors (Lipinski definition) is 1. The third-order valence-corrected chi connectivity index (χ3v) is 5.64. The number of nitrogens with zero attached hydrogens (tertiary/aromatic N) is 2. The number of hydrogen-bond acceptors (Lipinski definition) is 4. The van der Waals surface area contributed by atoms with Crippen LogP contribution in [-0.4, -0.2) is 45.0 Å². The van der Waals surface area contributed by atoms with Gasteiger partial charge in [-0.3, -0.25) is 4.98 Å². The van der Waals surface area contributed by atoms with Gasteiger partial charge in [0.05, 0.1) is 5.02 Å². The molecule has 1 aromatic rings. The summed E-state index contributed by atoms with van der Waals surface area (Å²) in [6, 6.07) is 1.48. The lowest BCUT2D eigenvalue weighted by Gasteiger charge is -2.28. The Hall–Kier alpha value is -0.690. The molecule has 2 heterocycles. The van der Waals surface area contributed by atoms with E-state index in [1.807, 2.05) is 0 Å². The van der Waals surface area contributed by atoms with E-state index in [0.717, 1.165) is 32.4 Å². The van der Waals surface area contributed by atoms with Crippen molar-refractivity contribution in [3.63, 3.8) is 0 Å². The number of piperidine rings is 1. The zero-order valence-electron chi connectivity index (χ0n) is 11.5. The highest BCUT2D eigenvalue weighted by Crippen LogP contribution is 2.21. The molecule has 0 aliphatic carbocycles. The number of sulfonamides is 1. The Balaban J connectivity index is 1.86. The average molecular weight is 318 g/mol. The summed E-state index contributed by atoms with van der Waals surface area (Å²) in [4.78, 5) is 6.16. The van der Waals surface area contributed by atoms with E-state index in [2.05, 4.69) is 21.7 Å². The first-order valence-corrected chi connectivity index (χ1v) is 8.63. The van der Waals surface area contributed by atoms with Crippen molar-refractivity contribution in [3.8, 4) is 0 Å². The molecule has 1 saturated heterocycles. The molecule has 2 rings (SSSR count). The lowest BCUT2D eigenvalue weighted by Crippen LogP contribution is -2.32. The van der Waals surface area contributed by atoms with Gasteiger partial charge in [-0.05, 0) is 51.4 Å². The maximum absolute atomic E-state index is 12.1. The van der Waals surface area contributed by atoms with E-state index in [0.29, 0.717) is 12.5 Å². The highest BCUT2D eigenvalue weighted by molar-refractivity contribution is 7.89. The Morgan fingerprint density at radius 1 is 1.45 bits per heavy atom. The molecule has 0 saturated carbocycles. The van der Waals surface area contributed by atoms with Gasteiger partial charge in [-0.1, -0.05) is 11.6 Å². The van der Waals surface area contributed by atoms with Crippen LogP contribution >= 0.6 is 11.6 Å². The van der Waals surface area contributed by atoms with Crippen LogP contribution in [0.25, 0.3) is 0 Å². The number of aromatic nitrogens is 1. The van der Waals surface area contributed by atoms with Crippen molar-refractivity contribution in [2.75, 3.05) is 26.7 Å². The zero-order chi connectivity index (χ0) is 14.6. The fraction of sp³-hybridized carbons (Fsp3) is 0.615. The summed E-state index contributed by atoms with van der Waals surface area (Å²) >= 11 is 5.89. The summed E-state index contributed by atoms with van der Waals surface area (Å²) < 4.78 is 26.8. The topological polar surface area (TPSA) is 62.3 Å². The standard InChI is InChI=1S/C13H20ClN3O2S/c1-17-8-4-11(5-9-17)2-7-16-20(18,19)13-10-15-6-3-12(13)14/h3,6,10-11,16H,2,4-5,7-9H2,1H3. The van der Waals surface area contributed by atoms with Crippen molar-refractivity contribution in [1.29, 1.82) is 0 Å². The van der Waals surface area contributed by atoms with Crippen molar-refractivity contribution in [2.24, 2.45) is 5.92 Å². The van der Waals surface area contributed by atoms with Gasteiger partial charge in [0.1, 0.15) is 4.90 Å². The molecule has 1 fully saturated rings. The van der Waals surface area contributed by atoms with Gasteiger partial charge in [0.15, 0.2) is 0 Å². The molecule has 1 aliphatic heterocycles. The van der Waals surface area contributed by atoms with Crippen LogP contribution in [0.5, 0.6) is 0 Å². The Morgan fingerprint density at radius 3 is 2.80 bits per heavy atom. The number of nitrogens with one attached hydrogen (secondary N) is 1. The maximum Gasteiger partial charge on any atom is 0.243 e. The normalized spacial score (nSPS) is 18.3. The minimum Gasteiger partial charge on any atom is -0.306 e. The van der Waals surface area contributed by atoms with Gasteiger partial charge in [-0.2, -0.15) is 0 Å². The third kappa shape index (κ3) is 4.15. The van der Waals surface area contributed by atoms with E-state index < -0.39 is 10.0 Å². The molecule has 0 amide bonds. The molecule has 0 unspecified atom stereocenters. The van der Waals surface area contributed by atoms with Crippen LogP contribution in [-0.2, 0) is 10.0 Å². The summed E-state index contributed by atoms with van der Waals surface area (Å²) in [5.41, 5.74) is 0. The Morgan fingerprint density at radius 2 is 2.15 bits per heavy atom. The lowest BCUT2D eigenvalue weighted by atomic mass is 9.94. The monoisotopic (exact) mass is 317 g/mol. The first-order valence-electron chi connectivity index (χ1n) is 6.77. The van der Waals surface area contributed by atoms with Crippen LogP contribution in [0.15, 0.2) is 23.4 Å². The molecule has 0 atom stereocenters. The Labute approximate surface area is 125 Å². The van der Waals surface area contributed by atoms with E-state index >= 15 is 0 Å². The molecule has 0 bridgehead atoms. The Kier molecular flexibility index (Phi) is 5.37. The van der Waals surface area contributed by atoms with Gasteiger partial charge in [-0.25, -0.2) is 13.1 Å². The fourth-order valence-corrected chi connectivity index (χ4v) is 3.86. The van der Waals surface area contributed by atoms with Gasteiger partial charge in [0.2, 0.25) is 10.0 Å². The predicted octanol–water partition coefficient (Wildman–Crippen LogP) is 1.75. The second kappa shape index (κ2) is 6.85. The second-order valence-electron chi connectivity index (χ2n) is 5.24. The SMILES string of the molecule is CN1CCC(CCNS(=O)(=O)c2cnccc2Cl)CC1. The van der Waals surface area contributed by atoms with Crippen LogP contribution < -0.4 is 4.72 Å². The summed E-state index contributed by atoms with van der Waals surface area (Å²) in [6.45, 7) is 2.62. The molecular weight excluding hydrogens is 298 g/mol. The number of halogens is 1. The van der Waals surface area contributed by atoms with E-state index in [1.165, 1.54) is 18.5 Å². The van der Waals surface area contributed by atoms with E-state index in [4.69, 9.17) is 11.6 Å². The quantitative estimate of drug-likeness (QED) is 0.898. The largest absolute Gasteiger partial charge is 0.306 e. The summed E-state index contributed by atoms with van der Waals surface area (Å²) in [6.07, 6.45) is 5.88. The molecule has 20 heavy (non-hydrogen) atoms. The smallest absolute Gasteiger partial charge is 0.243 e. The molecule has 112 valence electrons. The van der Waals surface area contributed by atoms with E-state index in [9.17, 15) is 8.42 Å². The average Bonchev–Trinajstić information content (AvgIpc) is 2.41. The van der Waals surface area contributed by atoms with E-state index in [1.54, 1.807) is 0 Å². The number of pyridine rings is 1. The van der Waals surface area contributed by atoms with Gasteiger partial charge in [0.25, 0.3) is 0 Å². The summed E-state index contributed by atoms with van der Waals surface area (Å²) in [7, 11) is -1.44. The predicted molar refractivity (Wildman–Crippen MR) is 79.3 cm³/mol. The summed E-state index contributed by atoms with van der Waals surface area (Å²) in [5, 5.41) is 0.201. The molecule has 1 N–H and O–H groups in total. The van der Waals surface area contributed by atoms with Crippen molar-refractivity contribution in [3.05, 3.63) is 23.5 Å². The minimum atomic E-state index is -3.56. The summed E-state index contributed by atoms with van der Waals surface area (Å²) in [5.74, 6) is 0.596. The van der Waals surface area contributed by atoms with Crippen molar-refractivity contribution < 1.29 is 8.42 Å². The second-order valence-corrected chi connectivity index (χ2v) is 7.38. The molecule has 1 aliphatic rings. The fourth-order valence-electron chi connectivity index (χ4n) is 2.39. The Bertz CT molecular complexity index is 542.